The molecule has 0 aromatic carbocycles. The fourth-order valence-corrected chi connectivity index (χ4v) is 2.00. The van der Waals surface area contributed by atoms with Gasteiger partial charge in [-0.1, -0.05) is 0 Å². The fraction of sp³-hybridized carbons (Fsp3) is 1.00. The largest absolute Gasteiger partial charge is 1.00 e. The monoisotopic (exact) mass is 254 g/mol. The summed E-state index contributed by atoms with van der Waals surface area (Å²) >= 11 is 0. The van der Waals surface area contributed by atoms with E-state index < -0.39 is 15.6 Å². The molecule has 11 heteroatoms. The summed E-state index contributed by atoms with van der Waals surface area (Å²) in [5.74, 6) is 0. The Hall–Kier alpha value is 2.26. The fourth-order valence-electron chi connectivity index (χ4n) is 0.271. The number of hydrogen-bond acceptors (Lipinski definition) is 5. The second-order valence-electron chi connectivity index (χ2n) is 1.38. The Labute approximate surface area is 123 Å². The van der Waals surface area contributed by atoms with E-state index in [1.807, 2.05) is 0 Å². The predicted octanol–water partition coefficient (Wildman–Crippen LogP) is -5.27. The van der Waals surface area contributed by atoms with Crippen LogP contribution < -0.4 is 59.1 Å². The van der Waals surface area contributed by atoms with Crippen molar-refractivity contribution in [1.29, 1.82) is 0 Å². The molecule has 0 spiro atoms. The quantitative estimate of drug-likeness (QED) is 0.381. The van der Waals surface area contributed by atoms with E-state index in [9.17, 15) is 9.13 Å². The van der Waals surface area contributed by atoms with Crippen LogP contribution >= 0.6 is 15.6 Å². The minimum Gasteiger partial charge on any atom is -1.00 e. The molecule has 0 atom stereocenters. The topological polar surface area (TPSA) is 102 Å². The van der Waals surface area contributed by atoms with Gasteiger partial charge in [-0.05, 0) is 0 Å². The van der Waals surface area contributed by atoms with Crippen molar-refractivity contribution in [3.63, 3.8) is 0 Å². The van der Waals surface area contributed by atoms with Gasteiger partial charge in [0, 0.05) is 14.2 Å². The van der Waals surface area contributed by atoms with Crippen molar-refractivity contribution < 1.29 is 94.2 Å². The van der Waals surface area contributed by atoms with Gasteiger partial charge in [0.2, 0.25) is 0 Å². The molecule has 0 aromatic heterocycles. The van der Waals surface area contributed by atoms with Gasteiger partial charge >= 0.3 is 74.8 Å². The molecule has 7 nitrogen and oxygen atoms in total. The van der Waals surface area contributed by atoms with Crippen LogP contribution in [0, 0.1) is 0 Å². The van der Waals surface area contributed by atoms with Gasteiger partial charge in [-0.25, -0.2) is 9.13 Å². The van der Waals surface area contributed by atoms with Gasteiger partial charge in [-0.15, -0.1) is 0 Å². The first kappa shape index (κ1) is 20.6. The minimum atomic E-state index is -4.83. The zero-order chi connectivity index (χ0) is 9.12. The Morgan fingerprint density at radius 3 is 1.46 bits per heavy atom. The Balaban J connectivity index is -0.0000000833. The summed E-state index contributed by atoms with van der Waals surface area (Å²) in [6.07, 6.45) is 0. The minimum absolute atomic E-state index is 0. The van der Waals surface area contributed by atoms with Gasteiger partial charge < -0.3 is 12.6 Å². The Morgan fingerprint density at radius 2 is 1.38 bits per heavy atom. The van der Waals surface area contributed by atoms with Crippen LogP contribution in [0.2, 0.25) is 0 Å². The zero-order valence-electron chi connectivity index (χ0n) is 9.83. The van der Waals surface area contributed by atoms with E-state index in [1.165, 1.54) is 0 Å². The molecular formula is C2H10Na2O7P2. The molecule has 0 aliphatic carbocycles. The van der Waals surface area contributed by atoms with Crippen LogP contribution in [0.3, 0.4) is 0 Å². The van der Waals surface area contributed by atoms with Crippen LogP contribution in [0.15, 0.2) is 0 Å². The van der Waals surface area contributed by atoms with Crippen molar-refractivity contribution in [1.82, 2.24) is 0 Å². The first-order valence-corrected chi connectivity index (χ1v) is 5.30. The molecule has 0 heterocycles. The van der Waals surface area contributed by atoms with Crippen molar-refractivity contribution in [3.05, 3.63) is 0 Å². The van der Waals surface area contributed by atoms with Crippen LogP contribution in [0.25, 0.3) is 0 Å². The smallest absolute Gasteiger partial charge is 1.00 e. The molecular weight excluding hydrogens is 244 g/mol. The number of phosphoric ester groups is 1. The van der Waals surface area contributed by atoms with E-state index in [4.69, 9.17) is 9.79 Å². The van der Waals surface area contributed by atoms with Crippen LogP contribution in [-0.2, 0) is 22.5 Å². The molecule has 13 heavy (non-hydrogen) atoms. The zero-order valence-corrected chi connectivity index (χ0v) is 13.6. The van der Waals surface area contributed by atoms with Crippen LogP contribution in [-0.4, -0.2) is 24.0 Å². The van der Waals surface area contributed by atoms with Gasteiger partial charge in [0.05, 0.1) is 0 Å². The first-order valence-electron chi connectivity index (χ1n) is 2.31. The molecule has 0 bridgehead atoms. The van der Waals surface area contributed by atoms with Crippen LogP contribution in [0.5, 0.6) is 0 Å². The molecule has 0 aliphatic rings. The predicted molar refractivity (Wildman–Crippen MR) is 37.0 cm³/mol. The van der Waals surface area contributed by atoms with Gasteiger partial charge in [-0.2, -0.15) is 4.31 Å². The summed E-state index contributed by atoms with van der Waals surface area (Å²) in [5.41, 5.74) is 0. The summed E-state index contributed by atoms with van der Waals surface area (Å²) in [5, 5.41) is 0. The Morgan fingerprint density at radius 1 is 1.08 bits per heavy atom. The van der Waals surface area contributed by atoms with Crippen molar-refractivity contribution in [3.8, 4) is 0 Å². The third-order valence-electron chi connectivity index (χ3n) is 0.654. The molecule has 72 valence electrons. The second-order valence-corrected chi connectivity index (χ2v) is 4.64. The second kappa shape index (κ2) is 8.42. The first-order chi connectivity index (χ1) is 4.83. The third-order valence-corrected chi connectivity index (χ3v) is 3.20. The van der Waals surface area contributed by atoms with Gasteiger partial charge in [-0.3, -0.25) is 9.05 Å². The van der Waals surface area contributed by atoms with E-state index in [0.717, 1.165) is 14.2 Å². The number of rotatable bonds is 4. The van der Waals surface area contributed by atoms with Crippen molar-refractivity contribution in [2.45, 2.75) is 0 Å². The number of phosphoric acid groups is 2. The Kier molecular flexibility index (Phi) is 13.4. The summed E-state index contributed by atoms with van der Waals surface area (Å²) in [6.45, 7) is 0. The van der Waals surface area contributed by atoms with E-state index >= 15 is 0 Å². The van der Waals surface area contributed by atoms with Gasteiger partial charge in [0.15, 0.2) is 0 Å². The summed E-state index contributed by atoms with van der Waals surface area (Å²) in [7, 11) is -7.01. The molecule has 0 fully saturated rings. The summed E-state index contributed by atoms with van der Waals surface area (Å²) in [6, 6.07) is 0. The maximum Gasteiger partial charge on any atom is 1.00 e. The normalized spacial score (nSPS) is 11.4. The molecule has 0 aromatic rings. The summed E-state index contributed by atoms with van der Waals surface area (Å²) in [4.78, 5) is 16.3. The molecule has 0 saturated carbocycles. The van der Waals surface area contributed by atoms with Crippen LogP contribution in [0.4, 0.5) is 0 Å². The molecule has 0 saturated heterocycles. The van der Waals surface area contributed by atoms with E-state index in [1.54, 1.807) is 0 Å². The standard InChI is InChI=1S/C2H8O7P2.2Na.2H/c1-7-11(6,8-2)9-10(3,4)5;;;;/h1-2H3,(H2,3,4,5);;;;/q;2*+1;2*-1. The van der Waals surface area contributed by atoms with E-state index in [-0.39, 0.29) is 62.0 Å². The molecule has 0 aliphatic heterocycles. The van der Waals surface area contributed by atoms with Crippen molar-refractivity contribution in [2.75, 3.05) is 14.2 Å². The van der Waals surface area contributed by atoms with Crippen molar-refractivity contribution >= 4 is 15.6 Å². The van der Waals surface area contributed by atoms with Crippen molar-refractivity contribution in [2.24, 2.45) is 0 Å². The molecule has 0 unspecified atom stereocenters. The average Bonchev–Trinajstić information content (AvgIpc) is 1.84. The van der Waals surface area contributed by atoms with E-state index in [2.05, 4.69) is 13.4 Å². The van der Waals surface area contributed by atoms with Gasteiger partial charge in [0.25, 0.3) is 0 Å². The number of hydrogen-bond donors (Lipinski definition) is 2. The molecule has 0 rings (SSSR count). The summed E-state index contributed by atoms with van der Waals surface area (Å²) < 4.78 is 32.8. The average molecular weight is 254 g/mol. The SMILES string of the molecule is COP(=O)(OC)OP(=O)(O)O.[H-].[H-].[Na+].[Na+]. The maximum atomic E-state index is 10.8. The van der Waals surface area contributed by atoms with Crippen LogP contribution in [0.1, 0.15) is 2.85 Å². The van der Waals surface area contributed by atoms with Gasteiger partial charge in [0.1, 0.15) is 0 Å². The third kappa shape index (κ3) is 10.5. The molecule has 2 N–H and O–H groups in total. The Bertz CT molecular complexity index is 213. The maximum absolute atomic E-state index is 10.8. The van der Waals surface area contributed by atoms with E-state index in [0.29, 0.717) is 0 Å². The molecule has 0 amide bonds. The molecule has 0 radical (unpaired) electrons.